The zero-order valence-electron chi connectivity index (χ0n) is 10.6. The molecule has 0 aromatic carbocycles. The highest BCUT2D eigenvalue weighted by Crippen LogP contribution is 2.04. The van der Waals surface area contributed by atoms with Gasteiger partial charge in [-0.05, 0) is 12.8 Å². The molecular formula is C11H22O5S. The zero-order chi connectivity index (χ0) is 13.1. The number of carbonyl (C=O) groups excluding carboxylic acids is 1. The highest BCUT2D eigenvalue weighted by atomic mass is 32.2. The maximum absolute atomic E-state index is 11.3. The van der Waals surface area contributed by atoms with E-state index in [1.165, 1.54) is 0 Å². The lowest BCUT2D eigenvalue weighted by Crippen LogP contribution is -2.20. The summed E-state index contributed by atoms with van der Waals surface area (Å²) < 4.78 is 31.7. The average molecular weight is 266 g/mol. The first-order chi connectivity index (χ1) is 8.04. The van der Waals surface area contributed by atoms with Gasteiger partial charge in [0, 0.05) is 0 Å². The third kappa shape index (κ3) is 8.15. The van der Waals surface area contributed by atoms with E-state index < -0.39 is 15.4 Å². The standard InChI is InChI=1S/C11H22O5S/c1-3-5-7-9-15-11(12)17(13,14)16-10-8-6-4-2/h3-10H2,1-2H3. The number of unbranched alkanes of at least 4 members (excludes halogenated alkanes) is 4. The zero-order valence-corrected chi connectivity index (χ0v) is 11.4. The van der Waals surface area contributed by atoms with Crippen LogP contribution in [0.1, 0.15) is 52.4 Å². The first-order valence-corrected chi connectivity index (χ1v) is 7.51. The van der Waals surface area contributed by atoms with Gasteiger partial charge >= 0.3 is 15.4 Å². The Morgan fingerprint density at radius 2 is 1.47 bits per heavy atom. The van der Waals surface area contributed by atoms with Gasteiger partial charge in [-0.1, -0.05) is 39.5 Å². The van der Waals surface area contributed by atoms with Crippen LogP contribution < -0.4 is 0 Å². The summed E-state index contributed by atoms with van der Waals surface area (Å²) in [5.41, 5.74) is 0. The SMILES string of the molecule is CCCCCOC(=O)S(=O)(=O)OCCCCC. The van der Waals surface area contributed by atoms with Gasteiger partial charge in [-0.3, -0.25) is 4.18 Å². The molecule has 0 saturated heterocycles. The van der Waals surface area contributed by atoms with Gasteiger partial charge in [-0.25, -0.2) is 4.79 Å². The molecule has 0 fully saturated rings. The van der Waals surface area contributed by atoms with Crippen LogP contribution in [0.3, 0.4) is 0 Å². The fourth-order valence-corrected chi connectivity index (χ4v) is 1.81. The number of hydrogen-bond donors (Lipinski definition) is 0. The molecule has 0 radical (unpaired) electrons. The quantitative estimate of drug-likeness (QED) is 0.364. The van der Waals surface area contributed by atoms with Crippen molar-refractivity contribution < 1.29 is 22.1 Å². The fourth-order valence-electron chi connectivity index (χ4n) is 1.15. The van der Waals surface area contributed by atoms with Crippen molar-refractivity contribution in [1.29, 1.82) is 0 Å². The molecular weight excluding hydrogens is 244 g/mol. The molecule has 0 aliphatic rings. The summed E-state index contributed by atoms with van der Waals surface area (Å²) in [4.78, 5) is 11.2. The Bertz CT molecular complexity index is 297. The summed E-state index contributed by atoms with van der Waals surface area (Å²) in [6.45, 7) is 4.18. The topological polar surface area (TPSA) is 69.7 Å². The van der Waals surface area contributed by atoms with Gasteiger partial charge < -0.3 is 4.74 Å². The second-order valence-corrected chi connectivity index (χ2v) is 5.27. The van der Waals surface area contributed by atoms with Gasteiger partial charge in [-0.2, -0.15) is 8.42 Å². The van der Waals surface area contributed by atoms with Crippen molar-refractivity contribution >= 4 is 15.4 Å². The number of rotatable bonds is 9. The van der Waals surface area contributed by atoms with Crippen LogP contribution in [0.4, 0.5) is 4.79 Å². The Hall–Kier alpha value is -0.620. The summed E-state index contributed by atoms with van der Waals surface area (Å²) in [7, 11) is -4.19. The third-order valence-corrected chi connectivity index (χ3v) is 3.16. The minimum absolute atomic E-state index is 0.0419. The molecule has 0 unspecified atom stereocenters. The first kappa shape index (κ1) is 16.4. The van der Waals surface area contributed by atoms with E-state index in [-0.39, 0.29) is 13.2 Å². The molecule has 0 aliphatic carbocycles. The Morgan fingerprint density at radius 1 is 0.941 bits per heavy atom. The molecule has 0 aromatic heterocycles. The lowest BCUT2D eigenvalue weighted by Gasteiger charge is -2.05. The molecule has 6 heteroatoms. The molecule has 0 heterocycles. The summed E-state index contributed by atoms with van der Waals surface area (Å²) in [5, 5.41) is -1.27. The van der Waals surface area contributed by atoms with E-state index in [1.54, 1.807) is 0 Å². The molecule has 0 rings (SSSR count). The van der Waals surface area contributed by atoms with E-state index in [0.29, 0.717) is 12.8 Å². The molecule has 0 spiro atoms. The van der Waals surface area contributed by atoms with Crippen LogP contribution >= 0.6 is 0 Å². The van der Waals surface area contributed by atoms with Gasteiger partial charge in [0.1, 0.15) is 0 Å². The molecule has 0 atom stereocenters. The molecule has 0 aromatic rings. The van der Waals surface area contributed by atoms with Crippen molar-refractivity contribution in [2.45, 2.75) is 52.4 Å². The minimum atomic E-state index is -4.19. The van der Waals surface area contributed by atoms with Crippen molar-refractivity contribution in [3.05, 3.63) is 0 Å². The van der Waals surface area contributed by atoms with Crippen molar-refractivity contribution in [3.8, 4) is 0 Å². The van der Waals surface area contributed by atoms with E-state index in [2.05, 4.69) is 8.92 Å². The predicted octanol–water partition coefficient (Wildman–Crippen LogP) is 2.85. The van der Waals surface area contributed by atoms with Gasteiger partial charge in [0.15, 0.2) is 0 Å². The lowest BCUT2D eigenvalue weighted by atomic mass is 10.3. The van der Waals surface area contributed by atoms with Crippen LogP contribution in [0.5, 0.6) is 0 Å². The molecule has 0 aliphatic heterocycles. The Kier molecular flexibility index (Phi) is 9.07. The van der Waals surface area contributed by atoms with Crippen molar-refractivity contribution in [2.75, 3.05) is 13.2 Å². The molecule has 102 valence electrons. The monoisotopic (exact) mass is 266 g/mol. The van der Waals surface area contributed by atoms with Crippen LogP contribution in [-0.2, 0) is 19.0 Å². The van der Waals surface area contributed by atoms with Crippen LogP contribution in [0, 0.1) is 0 Å². The molecule has 0 saturated carbocycles. The second-order valence-electron chi connectivity index (χ2n) is 3.79. The van der Waals surface area contributed by atoms with Gasteiger partial charge in [0.25, 0.3) is 0 Å². The smallest absolute Gasteiger partial charge is 0.451 e. The molecule has 17 heavy (non-hydrogen) atoms. The van der Waals surface area contributed by atoms with E-state index >= 15 is 0 Å². The first-order valence-electron chi connectivity index (χ1n) is 6.10. The fraction of sp³-hybridized carbons (Fsp3) is 0.909. The van der Waals surface area contributed by atoms with Crippen LogP contribution in [0.15, 0.2) is 0 Å². The van der Waals surface area contributed by atoms with Gasteiger partial charge in [0.05, 0.1) is 13.2 Å². The summed E-state index contributed by atoms with van der Waals surface area (Å²) in [6.07, 6.45) is 5.03. The average Bonchev–Trinajstić information content (AvgIpc) is 2.30. The molecule has 0 N–H and O–H groups in total. The van der Waals surface area contributed by atoms with E-state index in [1.807, 2.05) is 13.8 Å². The number of ether oxygens (including phenoxy) is 1. The summed E-state index contributed by atoms with van der Waals surface area (Å²) in [6, 6.07) is 0. The number of carbonyl (C=O) groups is 1. The van der Waals surface area contributed by atoms with E-state index in [9.17, 15) is 13.2 Å². The lowest BCUT2D eigenvalue weighted by molar-refractivity contribution is 0.163. The van der Waals surface area contributed by atoms with Gasteiger partial charge in [-0.15, -0.1) is 0 Å². The second kappa shape index (κ2) is 9.41. The van der Waals surface area contributed by atoms with Crippen molar-refractivity contribution in [3.63, 3.8) is 0 Å². The van der Waals surface area contributed by atoms with Crippen molar-refractivity contribution in [1.82, 2.24) is 0 Å². The van der Waals surface area contributed by atoms with E-state index in [4.69, 9.17) is 0 Å². The normalized spacial score (nSPS) is 11.4. The summed E-state index contributed by atoms with van der Waals surface area (Å²) in [5.74, 6) is 0. The van der Waals surface area contributed by atoms with Crippen LogP contribution in [0.2, 0.25) is 0 Å². The van der Waals surface area contributed by atoms with Crippen molar-refractivity contribution in [2.24, 2.45) is 0 Å². The van der Waals surface area contributed by atoms with E-state index in [0.717, 1.165) is 25.7 Å². The van der Waals surface area contributed by atoms with Gasteiger partial charge in [0.2, 0.25) is 0 Å². The number of hydrogen-bond acceptors (Lipinski definition) is 5. The van der Waals surface area contributed by atoms with Crippen LogP contribution in [-0.4, -0.2) is 26.9 Å². The maximum Gasteiger partial charge on any atom is 0.451 e. The molecule has 5 nitrogen and oxygen atoms in total. The largest absolute Gasteiger partial charge is 0.452 e. The molecule has 0 amide bonds. The Morgan fingerprint density at radius 3 is 2.00 bits per heavy atom. The Balaban J connectivity index is 3.83. The predicted molar refractivity (Wildman–Crippen MR) is 65.3 cm³/mol. The highest BCUT2D eigenvalue weighted by Gasteiger charge is 2.24. The van der Waals surface area contributed by atoms with Crippen LogP contribution in [0.25, 0.3) is 0 Å². The molecule has 0 bridgehead atoms. The highest BCUT2D eigenvalue weighted by molar-refractivity contribution is 8.01. The maximum atomic E-state index is 11.3. The minimum Gasteiger partial charge on any atom is -0.452 e. The summed E-state index contributed by atoms with van der Waals surface area (Å²) >= 11 is 0. The Labute approximate surface area is 104 Å². The third-order valence-electron chi connectivity index (χ3n) is 2.16.